The van der Waals surface area contributed by atoms with E-state index < -0.39 is 10.4 Å². The van der Waals surface area contributed by atoms with Crippen LogP contribution in [0.25, 0.3) is 0 Å². The highest BCUT2D eigenvalue weighted by atomic mass is 32.3. The van der Waals surface area contributed by atoms with Crippen molar-refractivity contribution in [1.82, 2.24) is 21.1 Å². The lowest BCUT2D eigenvalue weighted by Gasteiger charge is -2.20. The van der Waals surface area contributed by atoms with E-state index in [9.17, 15) is 0 Å². The Bertz CT molecular complexity index is 539. The van der Waals surface area contributed by atoms with E-state index in [-0.39, 0.29) is 11.7 Å². The smallest absolute Gasteiger partial charge is 0.354 e. The largest absolute Gasteiger partial charge is 0.394 e. The fourth-order valence-electron chi connectivity index (χ4n) is 1.08. The van der Waals surface area contributed by atoms with E-state index in [4.69, 9.17) is 17.5 Å². The van der Waals surface area contributed by atoms with E-state index in [1.165, 1.54) is 11.8 Å². The predicted molar refractivity (Wildman–Crippen MR) is 88.3 cm³/mol. The van der Waals surface area contributed by atoms with Crippen LogP contribution >= 0.6 is 11.8 Å². The molecule has 7 N–H and O–H groups in total. The number of nitrogens with zero attached hydrogens (tertiary/aromatic N) is 3. The molecule has 1 aromatic heterocycles. The Morgan fingerprint density at radius 1 is 1.14 bits per heavy atom. The van der Waals surface area contributed by atoms with Crippen LogP contribution in [0.2, 0.25) is 0 Å². The maximum absolute atomic E-state index is 8.74. The Morgan fingerprint density at radius 3 is 1.95 bits per heavy atom. The summed E-state index contributed by atoms with van der Waals surface area (Å²) in [5.74, 6) is 1.23. The van der Waals surface area contributed by atoms with Gasteiger partial charge in [0.25, 0.3) is 0 Å². The van der Waals surface area contributed by atoms with Gasteiger partial charge in [0, 0.05) is 12.1 Å². The van der Waals surface area contributed by atoms with E-state index in [2.05, 4.69) is 46.4 Å². The Hall–Kier alpha value is -1.21. The zero-order valence-corrected chi connectivity index (χ0v) is 14.9. The lowest BCUT2D eigenvalue weighted by Crippen LogP contribution is -2.27. The van der Waals surface area contributed by atoms with Gasteiger partial charge in [-0.1, -0.05) is 11.8 Å². The average Bonchev–Trinajstić information content (AvgIpc) is 2.24. The van der Waals surface area contributed by atoms with Gasteiger partial charge in [0.1, 0.15) is 0 Å². The van der Waals surface area contributed by atoms with Gasteiger partial charge in [0.15, 0.2) is 5.16 Å². The van der Waals surface area contributed by atoms with Crippen LogP contribution in [0.5, 0.6) is 0 Å². The van der Waals surface area contributed by atoms with Crippen molar-refractivity contribution in [3.63, 3.8) is 0 Å². The van der Waals surface area contributed by atoms with Crippen LogP contribution in [0, 0.1) is 0 Å². The highest BCUT2D eigenvalue weighted by Crippen LogP contribution is 2.16. The topological polar surface area (TPSA) is 172 Å². The second-order valence-corrected chi connectivity index (χ2v) is 6.49. The lowest BCUT2D eigenvalue weighted by molar-refractivity contribution is 0.381. The minimum atomic E-state index is -4.67. The molecule has 0 aliphatic rings. The molecule has 0 aromatic carbocycles. The molecule has 0 radical (unpaired) electrons. The first kappa shape index (κ1) is 23.1. The van der Waals surface area contributed by atoms with E-state index in [1.54, 1.807) is 0 Å². The standard InChI is InChI=1S/C10H19N5S.H3N.H2O4S/c1-6-11-7-12-8(15-10(2,3)4)14-9(13-7)16-5;;1-5(2,3)4/h6H2,1-5H3,(H2,11,12,13,14,15);1H3;(H2,1,2,3,4). The predicted octanol–water partition coefficient (Wildman–Crippen LogP) is 1.74. The minimum absolute atomic E-state index is 0. The molecule has 1 rings (SSSR count). The molecule has 1 aromatic rings. The number of aromatic nitrogens is 3. The van der Waals surface area contributed by atoms with Crippen molar-refractivity contribution >= 4 is 34.1 Å². The van der Waals surface area contributed by atoms with Crippen molar-refractivity contribution in [3.05, 3.63) is 0 Å². The fourth-order valence-corrected chi connectivity index (χ4v) is 1.43. The molecular weight excluding hydrogens is 332 g/mol. The second-order valence-electron chi connectivity index (χ2n) is 4.82. The summed E-state index contributed by atoms with van der Waals surface area (Å²) < 4.78 is 31.6. The number of thioether (sulfide) groups is 1. The first-order chi connectivity index (χ1) is 9.44. The van der Waals surface area contributed by atoms with Gasteiger partial charge in [0.05, 0.1) is 0 Å². The molecule has 0 amide bonds. The molecule has 12 heteroatoms. The Kier molecular flexibility index (Phi) is 10.2. The van der Waals surface area contributed by atoms with Gasteiger partial charge in [-0.25, -0.2) is 0 Å². The van der Waals surface area contributed by atoms with Gasteiger partial charge < -0.3 is 16.8 Å². The van der Waals surface area contributed by atoms with Crippen molar-refractivity contribution in [2.75, 3.05) is 23.4 Å². The van der Waals surface area contributed by atoms with Crippen molar-refractivity contribution < 1.29 is 17.5 Å². The molecule has 0 saturated heterocycles. The Labute approximate surface area is 135 Å². The van der Waals surface area contributed by atoms with Gasteiger partial charge in [-0.05, 0) is 34.0 Å². The van der Waals surface area contributed by atoms with Crippen molar-refractivity contribution in [2.24, 2.45) is 0 Å². The number of nitrogens with one attached hydrogen (secondary N) is 2. The molecule has 0 bridgehead atoms. The third kappa shape index (κ3) is 13.8. The Morgan fingerprint density at radius 2 is 1.59 bits per heavy atom. The Balaban J connectivity index is 0. The van der Waals surface area contributed by atoms with Crippen molar-refractivity contribution in [1.29, 1.82) is 0 Å². The van der Waals surface area contributed by atoms with Gasteiger partial charge in [-0.2, -0.15) is 23.4 Å². The van der Waals surface area contributed by atoms with Crippen LogP contribution < -0.4 is 16.8 Å². The zero-order chi connectivity index (χ0) is 16.7. The number of hydrogen-bond acceptors (Lipinski definition) is 9. The van der Waals surface area contributed by atoms with Crippen LogP contribution in [0.4, 0.5) is 11.9 Å². The summed E-state index contributed by atoms with van der Waals surface area (Å²) >= 11 is 1.51. The third-order valence-electron chi connectivity index (χ3n) is 1.62. The van der Waals surface area contributed by atoms with E-state index >= 15 is 0 Å². The van der Waals surface area contributed by atoms with Crippen molar-refractivity contribution in [2.45, 2.75) is 38.4 Å². The molecule has 0 spiro atoms. The monoisotopic (exact) mass is 356 g/mol. The molecule has 22 heavy (non-hydrogen) atoms. The summed E-state index contributed by atoms with van der Waals surface area (Å²) in [6, 6.07) is 0. The highest BCUT2D eigenvalue weighted by molar-refractivity contribution is 7.98. The summed E-state index contributed by atoms with van der Waals surface area (Å²) in [4.78, 5) is 12.9. The van der Waals surface area contributed by atoms with Gasteiger partial charge in [-0.3, -0.25) is 9.11 Å². The number of anilines is 2. The summed E-state index contributed by atoms with van der Waals surface area (Å²) in [5, 5.41) is 7.05. The van der Waals surface area contributed by atoms with E-state index in [0.717, 1.165) is 11.7 Å². The normalized spacial score (nSPS) is 10.9. The molecule has 0 unspecified atom stereocenters. The van der Waals surface area contributed by atoms with Gasteiger partial charge in [-0.15, -0.1) is 0 Å². The van der Waals surface area contributed by atoms with Crippen LogP contribution in [0.15, 0.2) is 5.16 Å². The van der Waals surface area contributed by atoms with Crippen LogP contribution in [-0.4, -0.2) is 50.8 Å². The first-order valence-corrected chi connectivity index (χ1v) is 8.58. The quantitative estimate of drug-likeness (QED) is 0.393. The average molecular weight is 356 g/mol. The molecule has 130 valence electrons. The molecule has 0 saturated carbocycles. The maximum Gasteiger partial charge on any atom is 0.394 e. The second kappa shape index (κ2) is 9.74. The first-order valence-electron chi connectivity index (χ1n) is 5.96. The van der Waals surface area contributed by atoms with E-state index in [1.807, 2.05) is 13.2 Å². The summed E-state index contributed by atoms with van der Waals surface area (Å²) in [5.41, 5.74) is -0.0550. The summed E-state index contributed by atoms with van der Waals surface area (Å²) in [6.07, 6.45) is 1.95. The zero-order valence-electron chi connectivity index (χ0n) is 13.3. The fraction of sp³-hybridized carbons (Fsp3) is 0.700. The molecule has 0 fully saturated rings. The molecule has 1 heterocycles. The summed E-state index contributed by atoms with van der Waals surface area (Å²) in [6.45, 7) is 9.03. The molecule has 0 atom stereocenters. The van der Waals surface area contributed by atoms with Crippen LogP contribution in [-0.2, 0) is 10.4 Å². The number of hydrogen-bond donors (Lipinski definition) is 5. The van der Waals surface area contributed by atoms with Crippen LogP contribution in [0.3, 0.4) is 0 Å². The summed E-state index contributed by atoms with van der Waals surface area (Å²) in [7, 11) is -4.67. The molecule has 0 aliphatic carbocycles. The number of rotatable bonds is 4. The molecular formula is C10H24N6O4S2. The maximum atomic E-state index is 8.74. The van der Waals surface area contributed by atoms with Crippen LogP contribution in [0.1, 0.15) is 27.7 Å². The highest BCUT2D eigenvalue weighted by Gasteiger charge is 2.13. The lowest BCUT2D eigenvalue weighted by atomic mass is 10.1. The third-order valence-corrected chi connectivity index (χ3v) is 2.17. The molecule has 10 nitrogen and oxygen atoms in total. The minimum Gasteiger partial charge on any atom is -0.354 e. The SMILES string of the molecule is CCNc1nc(NC(C)(C)C)nc(SC)n1.N.O=S(=O)(O)O. The van der Waals surface area contributed by atoms with Gasteiger partial charge in [0.2, 0.25) is 11.9 Å². The molecule has 0 aliphatic heterocycles. The van der Waals surface area contributed by atoms with E-state index in [0.29, 0.717) is 11.9 Å². The van der Waals surface area contributed by atoms with Gasteiger partial charge >= 0.3 is 10.4 Å². The van der Waals surface area contributed by atoms with Crippen molar-refractivity contribution in [3.8, 4) is 0 Å².